The maximum Gasteiger partial charge on any atom is 0.253 e. The molecule has 1 unspecified atom stereocenters. The number of pyridine rings is 1. The van der Waals surface area contributed by atoms with Crippen molar-refractivity contribution in [3.8, 4) is 0 Å². The number of benzene rings is 1. The summed E-state index contributed by atoms with van der Waals surface area (Å²) in [5.74, 6) is -0.679. The first-order valence-electron chi connectivity index (χ1n) is 9.30. The molecule has 0 aliphatic rings. The molecule has 5 N–H and O–H groups in total. The van der Waals surface area contributed by atoms with Crippen molar-refractivity contribution in [2.75, 3.05) is 19.0 Å². The van der Waals surface area contributed by atoms with Crippen LogP contribution in [0.5, 0.6) is 0 Å². The Balaban J connectivity index is 1.98. The highest BCUT2D eigenvalue weighted by atomic mass is 19.1. The number of carbonyl (C=O) groups is 1. The number of nitrogens with one attached hydrogen (secondary N) is 4. The van der Waals surface area contributed by atoms with Gasteiger partial charge in [-0.2, -0.15) is 5.10 Å². The average Bonchev–Trinajstić information content (AvgIpc) is 2.73. The van der Waals surface area contributed by atoms with Crippen LogP contribution in [0.3, 0.4) is 0 Å². The molecule has 8 nitrogen and oxygen atoms in total. The SMILES string of the molecule is CNC(/C=C(\O)CCNC(=O)c1cc(C)ccc1N/N=C\C=N)c1ccc(F)cn1. The number of hydrogen-bond donors (Lipinski definition) is 5. The van der Waals surface area contributed by atoms with E-state index >= 15 is 0 Å². The Morgan fingerprint density at radius 2 is 2.17 bits per heavy atom. The van der Waals surface area contributed by atoms with Gasteiger partial charge in [-0.25, -0.2) is 4.39 Å². The number of aromatic nitrogens is 1. The van der Waals surface area contributed by atoms with E-state index in [2.05, 4.69) is 26.1 Å². The number of likely N-dealkylation sites (N-methyl/N-ethyl adjacent to an activating group) is 1. The number of carbonyl (C=O) groups excluding carboxylic acids is 1. The van der Waals surface area contributed by atoms with E-state index in [0.29, 0.717) is 16.9 Å². The number of aliphatic hydroxyl groups is 1. The fraction of sp³-hybridized carbons (Fsp3) is 0.238. The molecule has 2 rings (SSSR count). The van der Waals surface area contributed by atoms with Crippen LogP contribution in [0.15, 0.2) is 53.5 Å². The zero-order valence-electron chi connectivity index (χ0n) is 16.8. The number of nitrogens with zero attached hydrogens (tertiary/aromatic N) is 2. The number of amides is 1. The van der Waals surface area contributed by atoms with E-state index < -0.39 is 5.82 Å². The van der Waals surface area contributed by atoms with E-state index in [1.165, 1.54) is 18.3 Å². The number of aliphatic hydroxyl groups excluding tert-OH is 1. The summed E-state index contributed by atoms with van der Waals surface area (Å²) in [7, 11) is 1.70. The zero-order chi connectivity index (χ0) is 21.9. The second kappa shape index (κ2) is 11.4. The van der Waals surface area contributed by atoms with Gasteiger partial charge >= 0.3 is 0 Å². The summed E-state index contributed by atoms with van der Waals surface area (Å²) in [6, 6.07) is 7.75. The van der Waals surface area contributed by atoms with Crippen LogP contribution in [0.4, 0.5) is 10.1 Å². The Kier molecular flexibility index (Phi) is 8.64. The van der Waals surface area contributed by atoms with Gasteiger partial charge in [0.05, 0.1) is 41.2 Å². The second-order valence-electron chi connectivity index (χ2n) is 6.44. The molecule has 0 saturated carbocycles. The molecular weight excluding hydrogens is 387 g/mol. The van der Waals surface area contributed by atoms with Crippen molar-refractivity contribution < 1.29 is 14.3 Å². The van der Waals surface area contributed by atoms with Crippen molar-refractivity contribution in [2.24, 2.45) is 5.10 Å². The quantitative estimate of drug-likeness (QED) is 0.233. The predicted octanol–water partition coefficient (Wildman–Crippen LogP) is 3.10. The maximum absolute atomic E-state index is 13.0. The van der Waals surface area contributed by atoms with Crippen molar-refractivity contribution in [2.45, 2.75) is 19.4 Å². The lowest BCUT2D eigenvalue weighted by Crippen LogP contribution is -2.26. The van der Waals surface area contributed by atoms with Crippen LogP contribution in [0.25, 0.3) is 0 Å². The van der Waals surface area contributed by atoms with Gasteiger partial charge in [0.25, 0.3) is 5.91 Å². The van der Waals surface area contributed by atoms with Gasteiger partial charge in [0.2, 0.25) is 0 Å². The van der Waals surface area contributed by atoms with Crippen molar-refractivity contribution in [1.29, 1.82) is 5.41 Å². The van der Waals surface area contributed by atoms with E-state index in [9.17, 15) is 14.3 Å². The highest BCUT2D eigenvalue weighted by molar-refractivity contribution is 6.14. The average molecular weight is 412 g/mol. The van der Waals surface area contributed by atoms with Gasteiger partial charge in [-0.15, -0.1) is 0 Å². The lowest BCUT2D eigenvalue weighted by atomic mass is 10.1. The number of halogens is 1. The normalized spacial score (nSPS) is 12.6. The summed E-state index contributed by atoms with van der Waals surface area (Å²) >= 11 is 0. The molecule has 1 aromatic carbocycles. The fourth-order valence-electron chi connectivity index (χ4n) is 2.65. The molecule has 9 heteroatoms. The lowest BCUT2D eigenvalue weighted by molar-refractivity contribution is 0.0954. The maximum atomic E-state index is 13.0. The summed E-state index contributed by atoms with van der Waals surface area (Å²) in [6.07, 6.45) is 5.18. The molecule has 0 aliphatic heterocycles. The molecule has 0 saturated heterocycles. The molecule has 30 heavy (non-hydrogen) atoms. The Hall–Kier alpha value is -3.59. The second-order valence-corrected chi connectivity index (χ2v) is 6.44. The minimum atomic E-state index is -0.432. The third-order valence-corrected chi connectivity index (χ3v) is 4.16. The molecule has 0 bridgehead atoms. The molecular formula is C21H25FN6O2. The number of rotatable bonds is 10. The van der Waals surface area contributed by atoms with Crippen molar-refractivity contribution in [3.05, 3.63) is 71.0 Å². The Bertz CT molecular complexity index is 928. The van der Waals surface area contributed by atoms with Crippen LogP contribution < -0.4 is 16.1 Å². The van der Waals surface area contributed by atoms with Crippen LogP contribution in [-0.2, 0) is 0 Å². The number of anilines is 1. The fourth-order valence-corrected chi connectivity index (χ4v) is 2.65. The lowest BCUT2D eigenvalue weighted by Gasteiger charge is -2.13. The topological polar surface area (TPSA) is 122 Å². The first-order valence-corrected chi connectivity index (χ1v) is 9.30. The summed E-state index contributed by atoms with van der Waals surface area (Å²) in [4.78, 5) is 16.6. The summed E-state index contributed by atoms with van der Waals surface area (Å²) < 4.78 is 13.0. The Morgan fingerprint density at radius 3 is 2.83 bits per heavy atom. The van der Waals surface area contributed by atoms with E-state index in [1.807, 2.05) is 13.0 Å². The zero-order valence-corrected chi connectivity index (χ0v) is 16.8. The van der Waals surface area contributed by atoms with Crippen LogP contribution >= 0.6 is 0 Å². The van der Waals surface area contributed by atoms with Gasteiger partial charge in [0.15, 0.2) is 0 Å². The van der Waals surface area contributed by atoms with Gasteiger partial charge in [0.1, 0.15) is 5.82 Å². The number of aryl methyl sites for hydroxylation is 1. The third-order valence-electron chi connectivity index (χ3n) is 4.16. The van der Waals surface area contributed by atoms with Crippen molar-refractivity contribution in [1.82, 2.24) is 15.6 Å². The first kappa shape index (κ1) is 22.7. The predicted molar refractivity (Wildman–Crippen MR) is 116 cm³/mol. The molecule has 1 heterocycles. The Morgan fingerprint density at radius 1 is 1.37 bits per heavy atom. The van der Waals surface area contributed by atoms with E-state index in [4.69, 9.17) is 5.41 Å². The molecule has 1 atom stereocenters. The largest absolute Gasteiger partial charge is 0.513 e. The van der Waals surface area contributed by atoms with E-state index in [1.54, 1.807) is 25.3 Å². The van der Waals surface area contributed by atoms with Crippen molar-refractivity contribution in [3.63, 3.8) is 0 Å². The summed E-state index contributed by atoms with van der Waals surface area (Å²) in [5.41, 5.74) is 5.12. The molecule has 158 valence electrons. The van der Waals surface area contributed by atoms with Crippen LogP contribution in [0, 0.1) is 18.2 Å². The molecule has 0 spiro atoms. The minimum Gasteiger partial charge on any atom is -0.513 e. The smallest absolute Gasteiger partial charge is 0.253 e. The monoisotopic (exact) mass is 412 g/mol. The van der Waals surface area contributed by atoms with Crippen LogP contribution in [0.2, 0.25) is 0 Å². The molecule has 0 fully saturated rings. The van der Waals surface area contributed by atoms with Gasteiger partial charge in [-0.05, 0) is 44.3 Å². The van der Waals surface area contributed by atoms with Crippen molar-refractivity contribution >= 4 is 24.0 Å². The minimum absolute atomic E-state index is 0.0685. The highest BCUT2D eigenvalue weighted by Gasteiger charge is 2.13. The molecule has 2 aromatic rings. The molecule has 1 amide bonds. The van der Waals surface area contributed by atoms with Crippen LogP contribution in [0.1, 0.15) is 34.1 Å². The standard InChI is InChI=1S/C21H25FN6O2/c1-14-3-5-18(28-27-10-8-23)17(11-14)21(30)25-9-7-16(29)12-20(24-2)19-6-4-15(22)13-26-19/h3-6,8,10-13,20,23-24,28-29H,7,9H2,1-2H3,(H,25,30)/b16-12-,23-8?,27-10-. The number of hydrogen-bond acceptors (Lipinski definition) is 7. The molecule has 0 aliphatic carbocycles. The summed E-state index contributed by atoms with van der Waals surface area (Å²) in [6.45, 7) is 2.09. The summed E-state index contributed by atoms with van der Waals surface area (Å²) in [5, 5.41) is 26.7. The van der Waals surface area contributed by atoms with E-state index in [0.717, 1.165) is 18.0 Å². The first-order chi connectivity index (χ1) is 14.4. The third kappa shape index (κ3) is 6.78. The van der Waals surface area contributed by atoms with Gasteiger partial charge in [-0.3, -0.25) is 15.2 Å². The number of hydrazone groups is 1. The molecule has 1 aromatic heterocycles. The van der Waals surface area contributed by atoms with E-state index in [-0.39, 0.29) is 30.7 Å². The Labute approximate surface area is 174 Å². The van der Waals surface area contributed by atoms with Gasteiger partial charge < -0.3 is 21.1 Å². The highest BCUT2D eigenvalue weighted by Crippen LogP contribution is 2.18. The molecule has 0 radical (unpaired) electrons. The van der Waals surface area contributed by atoms with Crippen LogP contribution in [-0.4, -0.2) is 42.0 Å². The van der Waals surface area contributed by atoms with Gasteiger partial charge in [-0.1, -0.05) is 11.6 Å². The van der Waals surface area contributed by atoms with Gasteiger partial charge in [0, 0.05) is 19.2 Å².